The summed E-state index contributed by atoms with van der Waals surface area (Å²) in [7, 11) is 0. The Morgan fingerprint density at radius 2 is 1.59 bits per heavy atom. The van der Waals surface area contributed by atoms with Crippen LogP contribution in [0.5, 0.6) is 11.5 Å². The van der Waals surface area contributed by atoms with Crippen molar-refractivity contribution in [2.45, 2.75) is 20.4 Å². The van der Waals surface area contributed by atoms with Crippen LogP contribution in [0, 0.1) is 0 Å². The summed E-state index contributed by atoms with van der Waals surface area (Å²) in [6.45, 7) is 5.14. The van der Waals surface area contributed by atoms with Crippen molar-refractivity contribution in [3.05, 3.63) is 81.5 Å². The zero-order valence-corrected chi connectivity index (χ0v) is 17.3. The molecule has 0 aliphatic carbocycles. The van der Waals surface area contributed by atoms with Gasteiger partial charge in [0, 0.05) is 16.0 Å². The quantitative estimate of drug-likeness (QED) is 0.520. The molecule has 1 amide bonds. The van der Waals surface area contributed by atoms with E-state index in [1.165, 1.54) is 11.3 Å². The molecule has 2 aromatic carbocycles. The van der Waals surface area contributed by atoms with Gasteiger partial charge in [0.1, 0.15) is 0 Å². The highest BCUT2D eigenvalue weighted by molar-refractivity contribution is 7.14. The Hall–Kier alpha value is -3.12. The van der Waals surface area contributed by atoms with Gasteiger partial charge in [-0.3, -0.25) is 9.59 Å². The average Bonchev–Trinajstić information content (AvgIpc) is 3.22. The molecule has 0 atom stereocenters. The first-order chi connectivity index (χ1) is 14.1. The first-order valence-corrected chi connectivity index (χ1v) is 10.3. The third-order valence-corrected chi connectivity index (χ3v) is 5.23. The molecule has 1 N–H and O–H groups in total. The number of hydrogen-bond donors (Lipinski definition) is 1. The number of ether oxygens (including phenoxy) is 2. The Kier molecular flexibility index (Phi) is 7.03. The third-order valence-electron chi connectivity index (χ3n) is 4.15. The van der Waals surface area contributed by atoms with Gasteiger partial charge in [-0.1, -0.05) is 30.3 Å². The van der Waals surface area contributed by atoms with Gasteiger partial charge in [0.2, 0.25) is 5.78 Å². The molecule has 0 aliphatic heterocycles. The number of carbonyl (C=O) groups is 2. The monoisotopic (exact) mass is 409 g/mol. The number of amides is 1. The molecule has 0 spiro atoms. The van der Waals surface area contributed by atoms with Crippen molar-refractivity contribution in [1.29, 1.82) is 0 Å². The topological polar surface area (TPSA) is 64.6 Å². The average molecular weight is 410 g/mol. The van der Waals surface area contributed by atoms with Gasteiger partial charge < -0.3 is 14.8 Å². The molecule has 3 rings (SSSR count). The molecule has 0 saturated carbocycles. The lowest BCUT2D eigenvalue weighted by Crippen LogP contribution is -2.22. The van der Waals surface area contributed by atoms with E-state index >= 15 is 0 Å². The summed E-state index contributed by atoms with van der Waals surface area (Å²) >= 11 is 1.38. The van der Waals surface area contributed by atoms with E-state index in [0.29, 0.717) is 47.3 Å². The van der Waals surface area contributed by atoms with Crippen LogP contribution in [0.15, 0.2) is 60.7 Å². The van der Waals surface area contributed by atoms with Crippen molar-refractivity contribution in [1.82, 2.24) is 5.32 Å². The van der Waals surface area contributed by atoms with Gasteiger partial charge in [0.05, 0.1) is 24.6 Å². The van der Waals surface area contributed by atoms with Gasteiger partial charge in [-0.25, -0.2) is 0 Å². The summed E-state index contributed by atoms with van der Waals surface area (Å²) < 4.78 is 11.1. The number of carbonyl (C=O) groups excluding carboxylic acids is 2. The van der Waals surface area contributed by atoms with Crippen molar-refractivity contribution in [2.24, 2.45) is 0 Å². The number of ketones is 1. The zero-order valence-electron chi connectivity index (χ0n) is 16.4. The van der Waals surface area contributed by atoms with Crippen LogP contribution in [0.4, 0.5) is 0 Å². The maximum Gasteiger partial charge on any atom is 0.251 e. The molecule has 1 aromatic heterocycles. The molecule has 0 fully saturated rings. The molecular weight excluding hydrogens is 386 g/mol. The molecule has 0 unspecified atom stereocenters. The second-order valence-electron chi connectivity index (χ2n) is 6.17. The van der Waals surface area contributed by atoms with Crippen LogP contribution >= 0.6 is 11.3 Å². The number of nitrogens with one attached hydrogen (secondary N) is 1. The molecule has 0 radical (unpaired) electrons. The summed E-state index contributed by atoms with van der Waals surface area (Å²) in [6.07, 6.45) is 0. The smallest absolute Gasteiger partial charge is 0.251 e. The highest BCUT2D eigenvalue weighted by Gasteiger charge is 2.14. The van der Waals surface area contributed by atoms with Crippen molar-refractivity contribution in [2.75, 3.05) is 13.2 Å². The lowest BCUT2D eigenvalue weighted by molar-refractivity contribution is 0.0950. The van der Waals surface area contributed by atoms with E-state index in [1.54, 1.807) is 36.4 Å². The maximum absolute atomic E-state index is 12.5. The van der Waals surface area contributed by atoms with E-state index < -0.39 is 0 Å². The number of rotatable bonds is 9. The van der Waals surface area contributed by atoms with Crippen LogP contribution in [0.1, 0.15) is 44.3 Å². The fourth-order valence-electron chi connectivity index (χ4n) is 2.79. The van der Waals surface area contributed by atoms with Crippen molar-refractivity contribution in [3.8, 4) is 11.5 Å². The summed E-state index contributed by atoms with van der Waals surface area (Å²) in [5, 5.41) is 2.89. The van der Waals surface area contributed by atoms with Gasteiger partial charge in [0.15, 0.2) is 11.5 Å². The Bertz CT molecular complexity index is 982. The molecule has 29 heavy (non-hydrogen) atoms. The highest BCUT2D eigenvalue weighted by Crippen LogP contribution is 2.28. The van der Waals surface area contributed by atoms with Gasteiger partial charge in [-0.15, -0.1) is 11.3 Å². The first kappa shape index (κ1) is 20.6. The lowest BCUT2D eigenvalue weighted by atomic mass is 10.1. The van der Waals surface area contributed by atoms with E-state index in [-0.39, 0.29) is 11.7 Å². The first-order valence-electron chi connectivity index (χ1n) is 9.48. The molecule has 6 heteroatoms. The van der Waals surface area contributed by atoms with Gasteiger partial charge in [-0.05, 0) is 44.2 Å². The standard InChI is InChI=1S/C23H23NO4S/c1-3-27-19-12-10-17(14-20(19)28-4-2)23(26)24-15-18-11-13-21(29-18)22(25)16-8-6-5-7-9-16/h5-14H,3-4,15H2,1-2H3,(H,24,26). The van der Waals surface area contributed by atoms with Crippen LogP contribution in [0.3, 0.4) is 0 Å². The Labute approximate surface area is 174 Å². The molecule has 0 saturated heterocycles. The van der Waals surface area contributed by atoms with Crippen LogP contribution in [0.25, 0.3) is 0 Å². The fourth-order valence-corrected chi connectivity index (χ4v) is 3.70. The normalized spacial score (nSPS) is 10.4. The predicted octanol–water partition coefficient (Wildman–Crippen LogP) is 4.71. The Morgan fingerprint density at radius 1 is 0.862 bits per heavy atom. The summed E-state index contributed by atoms with van der Waals surface area (Å²) in [5.41, 5.74) is 1.15. The summed E-state index contributed by atoms with van der Waals surface area (Å²) in [6, 6.07) is 18.0. The number of thiophene rings is 1. The van der Waals surface area contributed by atoms with Crippen LogP contribution in [-0.2, 0) is 6.54 Å². The van der Waals surface area contributed by atoms with Crippen LogP contribution in [0.2, 0.25) is 0 Å². The third kappa shape index (κ3) is 5.23. The molecule has 5 nitrogen and oxygen atoms in total. The van der Waals surface area contributed by atoms with E-state index in [4.69, 9.17) is 9.47 Å². The second-order valence-corrected chi connectivity index (χ2v) is 7.34. The van der Waals surface area contributed by atoms with E-state index in [1.807, 2.05) is 38.1 Å². The molecule has 3 aromatic rings. The van der Waals surface area contributed by atoms with Gasteiger partial charge in [0.25, 0.3) is 5.91 Å². The minimum Gasteiger partial charge on any atom is -0.490 e. The maximum atomic E-state index is 12.5. The summed E-state index contributed by atoms with van der Waals surface area (Å²) in [4.78, 5) is 26.6. The largest absolute Gasteiger partial charge is 0.490 e. The molecular formula is C23H23NO4S. The fraction of sp³-hybridized carbons (Fsp3) is 0.217. The van der Waals surface area contributed by atoms with E-state index in [2.05, 4.69) is 5.32 Å². The van der Waals surface area contributed by atoms with Gasteiger partial charge >= 0.3 is 0 Å². The molecule has 0 bridgehead atoms. The molecule has 1 heterocycles. The zero-order chi connectivity index (χ0) is 20.6. The van der Waals surface area contributed by atoms with Crippen LogP contribution < -0.4 is 14.8 Å². The van der Waals surface area contributed by atoms with E-state index in [0.717, 1.165) is 4.88 Å². The Morgan fingerprint density at radius 3 is 2.31 bits per heavy atom. The number of benzene rings is 2. The van der Waals surface area contributed by atoms with Crippen molar-refractivity contribution >= 4 is 23.0 Å². The molecule has 0 aliphatic rings. The van der Waals surface area contributed by atoms with Crippen LogP contribution in [-0.4, -0.2) is 24.9 Å². The second kappa shape index (κ2) is 9.89. The highest BCUT2D eigenvalue weighted by atomic mass is 32.1. The van der Waals surface area contributed by atoms with E-state index in [9.17, 15) is 9.59 Å². The van der Waals surface area contributed by atoms with Crippen molar-refractivity contribution in [3.63, 3.8) is 0 Å². The SMILES string of the molecule is CCOc1ccc(C(=O)NCc2ccc(C(=O)c3ccccc3)s2)cc1OCC. The summed E-state index contributed by atoms with van der Waals surface area (Å²) in [5.74, 6) is 0.946. The Balaban J connectivity index is 1.64. The molecule has 150 valence electrons. The number of hydrogen-bond acceptors (Lipinski definition) is 5. The lowest BCUT2D eigenvalue weighted by Gasteiger charge is -2.12. The minimum atomic E-state index is -0.210. The predicted molar refractivity (Wildman–Crippen MR) is 114 cm³/mol. The minimum absolute atomic E-state index is 0.0129. The van der Waals surface area contributed by atoms with Gasteiger partial charge in [-0.2, -0.15) is 0 Å². The van der Waals surface area contributed by atoms with Crippen molar-refractivity contribution < 1.29 is 19.1 Å².